The van der Waals surface area contributed by atoms with Gasteiger partial charge in [0.25, 0.3) is 5.69 Å². The smallest absolute Gasteiger partial charge is 0.329 e. The van der Waals surface area contributed by atoms with E-state index in [1.807, 2.05) is 0 Å². The third-order valence-electron chi connectivity index (χ3n) is 3.22. The third-order valence-corrected chi connectivity index (χ3v) is 4.34. The molecule has 2 rings (SSSR count). The number of thioether (sulfide) groups is 1. The minimum Gasteiger partial charge on any atom is -0.467 e. The van der Waals surface area contributed by atoms with Crippen molar-refractivity contribution in [1.29, 1.82) is 0 Å². The molecule has 0 bridgehead atoms. The van der Waals surface area contributed by atoms with Crippen LogP contribution in [0.1, 0.15) is 5.56 Å². The highest BCUT2D eigenvalue weighted by molar-refractivity contribution is 8.14. The zero-order valence-electron chi connectivity index (χ0n) is 12.3. The van der Waals surface area contributed by atoms with Crippen molar-refractivity contribution >= 4 is 46.7 Å². The largest absolute Gasteiger partial charge is 0.467 e. The van der Waals surface area contributed by atoms with E-state index in [0.717, 1.165) is 0 Å². The molecule has 1 aliphatic rings. The fourth-order valence-electron chi connectivity index (χ4n) is 1.96. The number of hydrogen-bond donors (Lipinski definition) is 0. The number of benzene rings is 1. The van der Waals surface area contributed by atoms with Gasteiger partial charge in [0.05, 0.1) is 17.7 Å². The van der Waals surface area contributed by atoms with E-state index in [9.17, 15) is 14.9 Å². The van der Waals surface area contributed by atoms with Crippen LogP contribution in [0.2, 0.25) is 0 Å². The number of likely N-dealkylation sites (N-methyl/N-ethyl adjacent to an activating group) is 1. The number of methoxy groups -OCH3 is 1. The SMILES string of the molecule is COC(=O)[C@@H]1CSC(=Nc2ccc([N+](=O)[O-])cc2C)N1C.Cl. The number of hydrogen-bond acceptors (Lipinski definition) is 6. The van der Waals surface area contributed by atoms with E-state index in [2.05, 4.69) is 4.99 Å². The van der Waals surface area contributed by atoms with Crippen molar-refractivity contribution in [2.75, 3.05) is 19.9 Å². The fourth-order valence-corrected chi connectivity index (χ4v) is 3.12. The zero-order valence-corrected chi connectivity index (χ0v) is 13.9. The topological polar surface area (TPSA) is 85.0 Å². The molecule has 1 aliphatic heterocycles. The lowest BCUT2D eigenvalue weighted by Gasteiger charge is -2.18. The van der Waals surface area contributed by atoms with Crippen LogP contribution in [0.5, 0.6) is 0 Å². The predicted octanol–water partition coefficient (Wildman–Crippen LogP) is 2.53. The molecule has 22 heavy (non-hydrogen) atoms. The van der Waals surface area contributed by atoms with Crippen LogP contribution in [0.15, 0.2) is 23.2 Å². The molecule has 0 aromatic heterocycles. The van der Waals surface area contributed by atoms with Crippen molar-refractivity contribution < 1.29 is 14.5 Å². The molecule has 0 spiro atoms. The molecule has 0 N–H and O–H groups in total. The number of esters is 1. The van der Waals surface area contributed by atoms with Gasteiger partial charge in [-0.25, -0.2) is 9.79 Å². The second-order valence-electron chi connectivity index (χ2n) is 4.58. The Hall–Kier alpha value is -1.80. The number of halogens is 1. The van der Waals surface area contributed by atoms with Crippen LogP contribution in [0, 0.1) is 17.0 Å². The summed E-state index contributed by atoms with van der Waals surface area (Å²) in [4.78, 5) is 28.1. The van der Waals surface area contributed by atoms with Crippen LogP contribution in [-0.4, -0.2) is 46.9 Å². The van der Waals surface area contributed by atoms with Crippen LogP contribution in [0.25, 0.3) is 0 Å². The summed E-state index contributed by atoms with van der Waals surface area (Å²) in [6.07, 6.45) is 0. The highest BCUT2D eigenvalue weighted by atomic mass is 35.5. The van der Waals surface area contributed by atoms with Crippen molar-refractivity contribution in [2.24, 2.45) is 4.99 Å². The van der Waals surface area contributed by atoms with Gasteiger partial charge in [-0.15, -0.1) is 12.4 Å². The van der Waals surface area contributed by atoms with Gasteiger partial charge in [0.2, 0.25) is 0 Å². The standard InChI is InChI=1S/C13H15N3O4S.ClH/c1-8-6-9(16(18)19)4-5-10(8)14-13-15(2)11(7-21-13)12(17)20-3;/h4-6,11H,7H2,1-3H3;1H/t11-;/m0./s1. The minimum absolute atomic E-state index is 0. The summed E-state index contributed by atoms with van der Waals surface area (Å²) in [5, 5.41) is 11.4. The molecular weight excluding hydrogens is 330 g/mol. The average Bonchev–Trinajstić information content (AvgIpc) is 2.81. The van der Waals surface area contributed by atoms with Gasteiger partial charge in [0.1, 0.15) is 6.04 Å². The molecule has 120 valence electrons. The summed E-state index contributed by atoms with van der Waals surface area (Å²) in [7, 11) is 3.14. The average molecular weight is 346 g/mol. The first-order valence-corrected chi connectivity index (χ1v) is 7.19. The Bertz CT molecular complexity index is 623. The molecular formula is C13H16ClN3O4S. The van der Waals surface area contributed by atoms with Gasteiger partial charge >= 0.3 is 5.97 Å². The number of aryl methyl sites for hydroxylation is 1. The number of rotatable bonds is 3. The Labute approximate surface area is 138 Å². The number of carbonyl (C=O) groups is 1. The molecule has 7 nitrogen and oxygen atoms in total. The second-order valence-corrected chi connectivity index (χ2v) is 5.57. The molecule has 0 amide bonds. The quantitative estimate of drug-likeness (QED) is 0.475. The van der Waals surface area contributed by atoms with E-state index < -0.39 is 4.92 Å². The van der Waals surface area contributed by atoms with Crippen LogP contribution in [-0.2, 0) is 9.53 Å². The first kappa shape index (κ1) is 18.2. The highest BCUT2D eigenvalue weighted by Gasteiger charge is 2.33. The predicted molar refractivity (Wildman–Crippen MR) is 88.2 cm³/mol. The van der Waals surface area contributed by atoms with Crippen LogP contribution in [0.3, 0.4) is 0 Å². The fraction of sp³-hybridized carbons (Fsp3) is 0.385. The molecule has 9 heteroatoms. The van der Waals surface area contributed by atoms with E-state index in [1.165, 1.54) is 31.0 Å². The van der Waals surface area contributed by atoms with Gasteiger partial charge in [-0.1, -0.05) is 11.8 Å². The Morgan fingerprint density at radius 3 is 2.77 bits per heavy atom. The number of aliphatic imine (C=N–C) groups is 1. The van der Waals surface area contributed by atoms with Crippen molar-refractivity contribution in [2.45, 2.75) is 13.0 Å². The summed E-state index contributed by atoms with van der Waals surface area (Å²) in [6.45, 7) is 1.77. The Balaban J connectivity index is 0.00000242. The van der Waals surface area contributed by atoms with Crippen molar-refractivity contribution in [3.63, 3.8) is 0 Å². The van der Waals surface area contributed by atoms with Gasteiger partial charge in [0.15, 0.2) is 5.17 Å². The first-order valence-electron chi connectivity index (χ1n) is 6.21. The first-order chi connectivity index (χ1) is 9.93. The number of amidine groups is 1. The summed E-state index contributed by atoms with van der Waals surface area (Å²) >= 11 is 1.46. The van der Waals surface area contributed by atoms with Crippen molar-refractivity contribution in [3.8, 4) is 0 Å². The van der Waals surface area contributed by atoms with Crippen molar-refractivity contribution in [1.82, 2.24) is 4.90 Å². The van der Waals surface area contributed by atoms with Crippen LogP contribution < -0.4 is 0 Å². The molecule has 1 fully saturated rings. The number of non-ortho nitro benzene ring substituents is 1. The highest BCUT2D eigenvalue weighted by Crippen LogP contribution is 2.29. The Morgan fingerprint density at radius 1 is 1.55 bits per heavy atom. The molecule has 1 aromatic carbocycles. The molecule has 1 atom stereocenters. The maximum Gasteiger partial charge on any atom is 0.329 e. The maximum absolute atomic E-state index is 11.6. The van der Waals surface area contributed by atoms with E-state index in [-0.39, 0.29) is 30.1 Å². The number of nitro groups is 1. The van der Waals surface area contributed by atoms with Crippen LogP contribution in [0.4, 0.5) is 11.4 Å². The maximum atomic E-state index is 11.6. The number of carbonyl (C=O) groups excluding carboxylic acids is 1. The van der Waals surface area contributed by atoms with Gasteiger partial charge in [-0.3, -0.25) is 10.1 Å². The second kappa shape index (κ2) is 7.46. The van der Waals surface area contributed by atoms with E-state index in [4.69, 9.17) is 4.74 Å². The number of ether oxygens (including phenoxy) is 1. The molecule has 1 aromatic rings. The molecule has 0 radical (unpaired) electrons. The summed E-state index contributed by atoms with van der Waals surface area (Å²) < 4.78 is 4.74. The molecule has 1 saturated heterocycles. The molecule has 0 aliphatic carbocycles. The molecule has 0 unspecified atom stereocenters. The van der Waals surface area contributed by atoms with Gasteiger partial charge < -0.3 is 9.64 Å². The normalized spacial score (nSPS) is 19.0. The Morgan fingerprint density at radius 2 is 2.23 bits per heavy atom. The third kappa shape index (κ3) is 3.69. The van der Waals surface area contributed by atoms with Gasteiger partial charge in [-0.05, 0) is 18.6 Å². The zero-order chi connectivity index (χ0) is 15.6. The lowest BCUT2D eigenvalue weighted by atomic mass is 10.2. The van der Waals surface area contributed by atoms with E-state index >= 15 is 0 Å². The van der Waals surface area contributed by atoms with Crippen LogP contribution >= 0.6 is 24.2 Å². The number of nitro benzene ring substituents is 1. The monoisotopic (exact) mass is 345 g/mol. The summed E-state index contributed by atoms with van der Waals surface area (Å²) in [5.74, 6) is 0.282. The van der Waals surface area contributed by atoms with E-state index in [1.54, 1.807) is 24.9 Å². The lowest BCUT2D eigenvalue weighted by molar-refractivity contribution is -0.384. The summed E-state index contributed by atoms with van der Waals surface area (Å²) in [6, 6.07) is 4.16. The molecule has 0 saturated carbocycles. The number of nitrogens with zero attached hydrogens (tertiary/aromatic N) is 3. The van der Waals surface area contributed by atoms with Crippen molar-refractivity contribution in [3.05, 3.63) is 33.9 Å². The van der Waals surface area contributed by atoms with Gasteiger partial charge in [0, 0.05) is 24.9 Å². The minimum atomic E-state index is -0.437. The van der Waals surface area contributed by atoms with Gasteiger partial charge in [-0.2, -0.15) is 0 Å². The lowest BCUT2D eigenvalue weighted by Crippen LogP contribution is -2.37. The summed E-state index contributed by atoms with van der Waals surface area (Å²) in [5.41, 5.74) is 1.41. The van der Waals surface area contributed by atoms with E-state index in [0.29, 0.717) is 22.2 Å². The molecule has 1 heterocycles. The Kier molecular flexibility index (Phi) is 6.19.